The van der Waals surface area contributed by atoms with Gasteiger partial charge < -0.3 is 0 Å². The van der Waals surface area contributed by atoms with Crippen LogP contribution in [0, 0.1) is 5.92 Å². The minimum atomic E-state index is -4.31. The molecule has 1 nitrogen and oxygen atoms in total. The quantitative estimate of drug-likeness (QED) is 0.496. The van der Waals surface area contributed by atoms with Gasteiger partial charge in [-0.25, -0.2) is 0 Å². The average Bonchev–Trinajstić information content (AvgIpc) is 2.85. The van der Waals surface area contributed by atoms with Crippen LogP contribution < -0.4 is 0 Å². The highest BCUT2D eigenvalue weighted by atomic mass is 35.5. The molecule has 0 N–H and O–H groups in total. The summed E-state index contributed by atoms with van der Waals surface area (Å²) >= 11 is 12.2. The first-order chi connectivity index (χ1) is 13.2. The van der Waals surface area contributed by atoms with Gasteiger partial charge in [0.1, 0.15) is 0 Å². The third-order valence-corrected chi connectivity index (χ3v) is 7.07. The van der Waals surface area contributed by atoms with Crippen LogP contribution in [0.4, 0.5) is 13.2 Å². The topological polar surface area (TPSA) is 3.24 Å². The zero-order chi connectivity index (χ0) is 20.1. The summed E-state index contributed by atoms with van der Waals surface area (Å²) < 4.78 is 39.0. The van der Waals surface area contributed by atoms with E-state index in [1.807, 2.05) is 12.1 Å². The largest absolute Gasteiger partial charge is 0.416 e. The van der Waals surface area contributed by atoms with Gasteiger partial charge in [-0.15, -0.1) is 0 Å². The van der Waals surface area contributed by atoms with Gasteiger partial charge >= 0.3 is 6.18 Å². The number of nitrogens with zero attached hydrogens (tertiary/aromatic N) is 1. The molecule has 4 rings (SSSR count). The second kappa shape index (κ2) is 7.23. The summed E-state index contributed by atoms with van der Waals surface area (Å²) in [6.45, 7) is 2.96. The number of halogens is 5. The molecule has 0 spiro atoms. The summed E-state index contributed by atoms with van der Waals surface area (Å²) in [5, 5.41) is 1.05. The third-order valence-electron chi connectivity index (χ3n) is 6.33. The molecule has 2 saturated heterocycles. The maximum absolute atomic E-state index is 13.0. The molecule has 2 aliphatic heterocycles. The Labute approximate surface area is 173 Å². The molecule has 0 amide bonds. The molecule has 0 saturated carbocycles. The van der Waals surface area contributed by atoms with E-state index >= 15 is 0 Å². The minimum absolute atomic E-state index is 0.224. The van der Waals surface area contributed by atoms with Gasteiger partial charge in [0.15, 0.2) is 0 Å². The first-order valence-electron chi connectivity index (χ1n) is 9.57. The number of alkyl halides is 3. The van der Waals surface area contributed by atoms with Crippen molar-refractivity contribution in [2.24, 2.45) is 5.92 Å². The summed E-state index contributed by atoms with van der Waals surface area (Å²) in [7, 11) is 0. The second-order valence-electron chi connectivity index (χ2n) is 8.22. The number of hydrogen-bond acceptors (Lipinski definition) is 1. The number of rotatable bonds is 3. The van der Waals surface area contributed by atoms with E-state index in [0.29, 0.717) is 22.0 Å². The van der Waals surface area contributed by atoms with E-state index in [-0.39, 0.29) is 5.54 Å². The van der Waals surface area contributed by atoms with E-state index < -0.39 is 11.7 Å². The van der Waals surface area contributed by atoms with E-state index in [0.717, 1.165) is 43.4 Å². The molecule has 2 fully saturated rings. The number of fused-ring (bicyclic) bond motifs is 2. The summed E-state index contributed by atoms with van der Waals surface area (Å²) in [6.07, 6.45) is -0.213. The molecule has 2 aliphatic rings. The Bertz CT molecular complexity index is 865. The molecule has 0 aromatic heterocycles. The molecule has 6 heteroatoms. The van der Waals surface area contributed by atoms with Gasteiger partial charge in [-0.2, -0.15) is 13.2 Å². The molecule has 2 aromatic rings. The maximum atomic E-state index is 13.0. The molecule has 2 heterocycles. The van der Waals surface area contributed by atoms with E-state index in [2.05, 4.69) is 11.8 Å². The number of piperidine rings is 1. The lowest BCUT2D eigenvalue weighted by Crippen LogP contribution is -2.49. The zero-order valence-electron chi connectivity index (χ0n) is 15.6. The van der Waals surface area contributed by atoms with Gasteiger partial charge in [0.25, 0.3) is 0 Å². The Morgan fingerprint density at radius 1 is 1.07 bits per heavy atom. The highest BCUT2D eigenvalue weighted by Crippen LogP contribution is 2.53. The van der Waals surface area contributed by atoms with Crippen LogP contribution in [0.25, 0.3) is 0 Å². The Morgan fingerprint density at radius 2 is 1.79 bits per heavy atom. The van der Waals surface area contributed by atoms with Crippen molar-refractivity contribution < 1.29 is 13.2 Å². The van der Waals surface area contributed by atoms with Crippen molar-refractivity contribution in [3.63, 3.8) is 0 Å². The molecule has 28 heavy (non-hydrogen) atoms. The van der Waals surface area contributed by atoms with Crippen molar-refractivity contribution >= 4 is 23.2 Å². The lowest BCUT2D eigenvalue weighted by atomic mass is 9.77. The fourth-order valence-electron chi connectivity index (χ4n) is 5.16. The van der Waals surface area contributed by atoms with E-state index in [9.17, 15) is 13.2 Å². The van der Waals surface area contributed by atoms with Crippen LogP contribution >= 0.6 is 23.2 Å². The smallest absolute Gasteiger partial charge is 0.286 e. The molecule has 3 atom stereocenters. The SMILES string of the molecule is CC1C[C@H]2CC[C@@](c3ccc(C(F)(F)F)cc3)(C1)N2Cc1ccc(Cl)c(Cl)c1. The van der Waals surface area contributed by atoms with Crippen molar-refractivity contribution in [2.75, 3.05) is 0 Å². The average molecular weight is 428 g/mol. The fraction of sp³-hybridized carbons (Fsp3) is 0.455. The van der Waals surface area contributed by atoms with E-state index in [4.69, 9.17) is 23.2 Å². The Balaban J connectivity index is 1.69. The normalized spacial score (nSPS) is 27.9. The first kappa shape index (κ1) is 20.1. The lowest BCUT2D eigenvalue weighted by Gasteiger charge is -2.48. The molecule has 150 valence electrons. The van der Waals surface area contributed by atoms with Gasteiger partial charge in [0.2, 0.25) is 0 Å². The van der Waals surface area contributed by atoms with Gasteiger partial charge in [-0.05, 0) is 67.0 Å². The number of benzene rings is 2. The zero-order valence-corrected chi connectivity index (χ0v) is 17.1. The molecule has 2 aromatic carbocycles. The van der Waals surface area contributed by atoms with E-state index in [1.54, 1.807) is 18.2 Å². The predicted octanol–water partition coefficient (Wildman–Crippen LogP) is 7.30. The highest BCUT2D eigenvalue weighted by molar-refractivity contribution is 6.42. The summed E-state index contributed by atoms with van der Waals surface area (Å²) in [5.74, 6) is 0.542. The third kappa shape index (κ3) is 3.55. The van der Waals surface area contributed by atoms with Crippen molar-refractivity contribution in [3.05, 3.63) is 69.2 Å². The monoisotopic (exact) mass is 427 g/mol. The van der Waals surface area contributed by atoms with Crippen LogP contribution in [-0.4, -0.2) is 10.9 Å². The summed E-state index contributed by atoms with van der Waals surface area (Å²) in [6, 6.07) is 11.9. The highest BCUT2D eigenvalue weighted by Gasteiger charge is 2.51. The maximum Gasteiger partial charge on any atom is 0.416 e. The van der Waals surface area contributed by atoms with Crippen LogP contribution in [0.2, 0.25) is 10.0 Å². The van der Waals surface area contributed by atoms with Gasteiger partial charge in [0, 0.05) is 18.1 Å². The lowest BCUT2D eigenvalue weighted by molar-refractivity contribution is -0.137. The van der Waals surface area contributed by atoms with Crippen molar-refractivity contribution in [1.82, 2.24) is 4.90 Å². The standard InChI is InChI=1S/C22H22Cl2F3N/c1-14-10-18-8-9-21(12-14,16-3-5-17(6-4-16)22(25,26)27)28(18)13-15-2-7-19(23)20(24)11-15/h2-7,11,14,18H,8-10,12-13H2,1H3/t14?,18-,21+/m1/s1. The van der Waals surface area contributed by atoms with Crippen LogP contribution in [-0.2, 0) is 18.3 Å². The number of hydrogen-bond donors (Lipinski definition) is 0. The van der Waals surface area contributed by atoms with Crippen molar-refractivity contribution in [1.29, 1.82) is 0 Å². The van der Waals surface area contributed by atoms with Gasteiger partial charge in [-0.3, -0.25) is 4.90 Å². The molecule has 1 unspecified atom stereocenters. The Morgan fingerprint density at radius 3 is 2.43 bits per heavy atom. The van der Waals surface area contributed by atoms with Gasteiger partial charge in [-0.1, -0.05) is 48.3 Å². The Kier molecular flexibility index (Phi) is 5.18. The van der Waals surface area contributed by atoms with Gasteiger partial charge in [0.05, 0.1) is 15.6 Å². The molecule has 2 bridgehead atoms. The van der Waals surface area contributed by atoms with Crippen molar-refractivity contribution in [3.8, 4) is 0 Å². The molecular formula is C22H22Cl2F3N. The van der Waals surface area contributed by atoms with Crippen LogP contribution in [0.5, 0.6) is 0 Å². The van der Waals surface area contributed by atoms with E-state index in [1.165, 1.54) is 12.1 Å². The summed E-state index contributed by atoms with van der Waals surface area (Å²) in [5.41, 5.74) is 1.24. The minimum Gasteiger partial charge on any atom is -0.286 e. The Hall–Kier alpha value is -1.23. The molecular weight excluding hydrogens is 406 g/mol. The molecule has 0 radical (unpaired) electrons. The predicted molar refractivity (Wildman–Crippen MR) is 107 cm³/mol. The summed E-state index contributed by atoms with van der Waals surface area (Å²) in [4.78, 5) is 2.48. The first-order valence-corrected chi connectivity index (χ1v) is 10.3. The van der Waals surface area contributed by atoms with Crippen LogP contribution in [0.1, 0.15) is 49.3 Å². The second-order valence-corrected chi connectivity index (χ2v) is 9.03. The molecule has 0 aliphatic carbocycles. The van der Waals surface area contributed by atoms with Crippen molar-refractivity contribution in [2.45, 2.75) is 56.9 Å². The fourth-order valence-corrected chi connectivity index (χ4v) is 5.48. The van der Waals surface area contributed by atoms with Crippen LogP contribution in [0.3, 0.4) is 0 Å². The van der Waals surface area contributed by atoms with Crippen LogP contribution in [0.15, 0.2) is 42.5 Å².